The van der Waals surface area contributed by atoms with Crippen LogP contribution in [0.3, 0.4) is 0 Å². The van der Waals surface area contributed by atoms with Crippen LogP contribution >= 0.6 is 0 Å². The molecule has 1 aliphatic heterocycles. The van der Waals surface area contributed by atoms with Crippen LogP contribution in [0.2, 0.25) is 0 Å². The van der Waals surface area contributed by atoms with Crippen molar-refractivity contribution < 1.29 is 4.74 Å². The molecule has 1 aliphatic rings. The van der Waals surface area contributed by atoms with Crippen LogP contribution < -0.4 is 10.1 Å². The van der Waals surface area contributed by atoms with Gasteiger partial charge in [0.1, 0.15) is 12.4 Å². The van der Waals surface area contributed by atoms with Crippen molar-refractivity contribution in [3.8, 4) is 5.75 Å². The van der Waals surface area contributed by atoms with Crippen molar-refractivity contribution in [1.29, 1.82) is 0 Å². The van der Waals surface area contributed by atoms with Crippen LogP contribution in [0, 0.1) is 5.92 Å². The van der Waals surface area contributed by atoms with E-state index >= 15 is 0 Å². The summed E-state index contributed by atoms with van der Waals surface area (Å²) in [4.78, 5) is 2.38. The summed E-state index contributed by atoms with van der Waals surface area (Å²) < 4.78 is 5.72. The van der Waals surface area contributed by atoms with E-state index in [2.05, 4.69) is 17.3 Å². The van der Waals surface area contributed by atoms with Gasteiger partial charge in [-0.2, -0.15) is 0 Å². The molecule has 0 saturated carbocycles. The molecule has 1 aromatic rings. The second kappa shape index (κ2) is 8.18. The average molecular weight is 262 g/mol. The molecule has 1 N–H and O–H groups in total. The minimum Gasteiger partial charge on any atom is -0.492 e. The maximum atomic E-state index is 5.72. The van der Waals surface area contributed by atoms with Crippen molar-refractivity contribution in [3.63, 3.8) is 0 Å². The fourth-order valence-corrected chi connectivity index (χ4v) is 2.52. The lowest BCUT2D eigenvalue weighted by molar-refractivity contribution is 0.219. The van der Waals surface area contributed by atoms with E-state index in [-0.39, 0.29) is 0 Å². The second-order valence-corrected chi connectivity index (χ2v) is 5.45. The summed E-state index contributed by atoms with van der Waals surface area (Å²) in [7, 11) is 2.19. The van der Waals surface area contributed by atoms with Crippen molar-refractivity contribution >= 4 is 0 Å². The molecule has 19 heavy (non-hydrogen) atoms. The van der Waals surface area contributed by atoms with E-state index in [1.54, 1.807) is 0 Å². The minimum atomic E-state index is 0.771. The van der Waals surface area contributed by atoms with Crippen LogP contribution in [-0.2, 0) is 0 Å². The van der Waals surface area contributed by atoms with Gasteiger partial charge in [-0.25, -0.2) is 0 Å². The van der Waals surface area contributed by atoms with E-state index in [4.69, 9.17) is 4.74 Å². The van der Waals surface area contributed by atoms with Gasteiger partial charge in [-0.05, 0) is 64.0 Å². The molecular formula is C16H26N2O. The maximum Gasteiger partial charge on any atom is 0.119 e. The fourth-order valence-electron chi connectivity index (χ4n) is 2.52. The molecule has 1 fully saturated rings. The first-order valence-electron chi connectivity index (χ1n) is 7.42. The molecule has 3 heteroatoms. The number of para-hydroxylation sites is 1. The van der Waals surface area contributed by atoms with Crippen LogP contribution in [0.5, 0.6) is 5.75 Å². The molecule has 0 unspecified atom stereocenters. The molecule has 0 bridgehead atoms. The summed E-state index contributed by atoms with van der Waals surface area (Å²) in [5.74, 6) is 1.88. The van der Waals surface area contributed by atoms with Crippen molar-refractivity contribution in [1.82, 2.24) is 10.2 Å². The van der Waals surface area contributed by atoms with Gasteiger partial charge < -0.3 is 15.0 Å². The van der Waals surface area contributed by atoms with Crippen LogP contribution in [0.25, 0.3) is 0 Å². The minimum absolute atomic E-state index is 0.771. The highest BCUT2D eigenvalue weighted by molar-refractivity contribution is 5.20. The molecular weight excluding hydrogens is 236 g/mol. The zero-order valence-electron chi connectivity index (χ0n) is 12.0. The molecule has 0 radical (unpaired) electrons. The smallest absolute Gasteiger partial charge is 0.119 e. The molecule has 1 saturated heterocycles. The summed E-state index contributed by atoms with van der Waals surface area (Å²) in [5, 5.41) is 3.42. The van der Waals surface area contributed by atoms with Gasteiger partial charge in [0, 0.05) is 6.54 Å². The quantitative estimate of drug-likeness (QED) is 0.816. The first-order valence-corrected chi connectivity index (χ1v) is 7.42. The van der Waals surface area contributed by atoms with Crippen LogP contribution in [0.1, 0.15) is 19.3 Å². The second-order valence-electron chi connectivity index (χ2n) is 5.45. The number of nitrogens with zero attached hydrogens (tertiary/aromatic N) is 1. The largest absolute Gasteiger partial charge is 0.492 e. The van der Waals surface area contributed by atoms with E-state index in [0.29, 0.717) is 0 Å². The Morgan fingerprint density at radius 1 is 1.16 bits per heavy atom. The Balaban J connectivity index is 1.55. The topological polar surface area (TPSA) is 24.5 Å². The number of likely N-dealkylation sites (N-methyl/N-ethyl adjacent to an activating group) is 1. The van der Waals surface area contributed by atoms with E-state index < -0.39 is 0 Å². The highest BCUT2D eigenvalue weighted by Crippen LogP contribution is 2.16. The standard InChI is InChI=1S/C16H26N2O/c1-18(12-9-15-7-10-17-11-8-15)13-14-19-16-5-3-2-4-6-16/h2-6,15,17H,7-14H2,1H3. The van der Waals surface area contributed by atoms with Crippen molar-refractivity contribution in [2.24, 2.45) is 5.92 Å². The van der Waals surface area contributed by atoms with Gasteiger partial charge in [-0.15, -0.1) is 0 Å². The molecule has 0 aliphatic carbocycles. The van der Waals surface area contributed by atoms with Crippen LogP contribution in [0.15, 0.2) is 30.3 Å². The maximum absolute atomic E-state index is 5.72. The Labute approximate surface area is 116 Å². The molecule has 1 heterocycles. The predicted molar refractivity (Wildman–Crippen MR) is 79.6 cm³/mol. The Morgan fingerprint density at radius 3 is 2.63 bits per heavy atom. The number of rotatable bonds is 7. The van der Waals surface area contributed by atoms with Gasteiger partial charge in [0.05, 0.1) is 0 Å². The number of benzene rings is 1. The Hall–Kier alpha value is -1.06. The Morgan fingerprint density at radius 2 is 1.89 bits per heavy atom. The zero-order chi connectivity index (χ0) is 13.3. The third-order valence-electron chi connectivity index (χ3n) is 3.86. The first kappa shape index (κ1) is 14.4. The summed E-state index contributed by atoms with van der Waals surface area (Å²) in [6, 6.07) is 10.0. The SMILES string of the molecule is CN(CCOc1ccccc1)CCC1CCNCC1. The third-order valence-corrected chi connectivity index (χ3v) is 3.86. The van der Waals surface area contributed by atoms with Gasteiger partial charge >= 0.3 is 0 Å². The van der Waals surface area contributed by atoms with Crippen molar-refractivity contribution in [3.05, 3.63) is 30.3 Å². The fraction of sp³-hybridized carbons (Fsp3) is 0.625. The van der Waals surface area contributed by atoms with Crippen molar-refractivity contribution in [2.45, 2.75) is 19.3 Å². The predicted octanol–water partition coefficient (Wildman–Crippen LogP) is 2.39. The number of piperidine rings is 1. The van der Waals surface area contributed by atoms with Gasteiger partial charge in [0.25, 0.3) is 0 Å². The van der Waals surface area contributed by atoms with Gasteiger partial charge in [-0.3, -0.25) is 0 Å². The summed E-state index contributed by atoms with van der Waals surface area (Å²) >= 11 is 0. The van der Waals surface area contributed by atoms with Crippen molar-refractivity contribution in [2.75, 3.05) is 39.8 Å². The monoisotopic (exact) mass is 262 g/mol. The number of ether oxygens (including phenoxy) is 1. The zero-order valence-corrected chi connectivity index (χ0v) is 12.0. The highest BCUT2D eigenvalue weighted by atomic mass is 16.5. The van der Waals surface area contributed by atoms with E-state index in [1.165, 1.54) is 38.9 Å². The molecule has 0 amide bonds. The number of hydrogen-bond acceptors (Lipinski definition) is 3. The normalized spacial score (nSPS) is 16.7. The first-order chi connectivity index (χ1) is 9.34. The number of nitrogens with one attached hydrogen (secondary N) is 1. The lowest BCUT2D eigenvalue weighted by Crippen LogP contribution is -2.31. The molecule has 2 rings (SSSR count). The summed E-state index contributed by atoms with van der Waals surface area (Å²) in [6.45, 7) is 5.35. The molecule has 1 aromatic carbocycles. The van der Waals surface area contributed by atoms with Crippen LogP contribution in [0.4, 0.5) is 0 Å². The van der Waals surface area contributed by atoms with Gasteiger partial charge in [0.2, 0.25) is 0 Å². The molecule has 0 atom stereocenters. The highest BCUT2D eigenvalue weighted by Gasteiger charge is 2.13. The van der Waals surface area contributed by atoms with E-state index in [1.807, 2.05) is 30.3 Å². The lowest BCUT2D eigenvalue weighted by atomic mass is 9.94. The number of hydrogen-bond donors (Lipinski definition) is 1. The molecule has 0 spiro atoms. The average Bonchev–Trinajstić information content (AvgIpc) is 2.47. The van der Waals surface area contributed by atoms with E-state index in [0.717, 1.165) is 24.8 Å². The Bertz CT molecular complexity index is 336. The Kier molecular flexibility index (Phi) is 6.18. The van der Waals surface area contributed by atoms with Gasteiger partial charge in [-0.1, -0.05) is 18.2 Å². The lowest BCUT2D eigenvalue weighted by Gasteiger charge is -2.25. The van der Waals surface area contributed by atoms with Gasteiger partial charge in [0.15, 0.2) is 0 Å². The summed E-state index contributed by atoms with van der Waals surface area (Å²) in [5.41, 5.74) is 0. The van der Waals surface area contributed by atoms with E-state index in [9.17, 15) is 0 Å². The molecule has 0 aromatic heterocycles. The molecule has 106 valence electrons. The van der Waals surface area contributed by atoms with Crippen LogP contribution in [-0.4, -0.2) is 44.7 Å². The third kappa shape index (κ3) is 5.62. The molecule has 3 nitrogen and oxygen atoms in total. The summed E-state index contributed by atoms with van der Waals surface area (Å²) in [6.07, 6.45) is 4.01.